The molecule has 1 aliphatic rings. The third kappa shape index (κ3) is 5.58. The standard InChI is InChI=1S/C22H29N3O3S/c1-16(2)20(23-21(26)19-5-4-14-29-19)22(27)24(3)15-17-6-8-18(9-7-17)25-10-12-28-13-11-25/h4-9,14,16,20H,10-13,15H2,1-3H3,(H,23,26). The number of benzene rings is 1. The third-order valence-electron chi connectivity index (χ3n) is 5.07. The van der Waals surface area contributed by atoms with E-state index in [1.54, 1.807) is 18.0 Å². The summed E-state index contributed by atoms with van der Waals surface area (Å²) < 4.78 is 5.40. The van der Waals surface area contributed by atoms with Gasteiger partial charge in [-0.15, -0.1) is 11.3 Å². The second kappa shape index (κ2) is 9.89. The van der Waals surface area contributed by atoms with Crippen LogP contribution in [0, 0.1) is 5.92 Å². The molecular weight excluding hydrogens is 386 g/mol. The van der Waals surface area contributed by atoms with Crippen LogP contribution in [0.4, 0.5) is 5.69 Å². The SMILES string of the molecule is CC(C)C(NC(=O)c1cccs1)C(=O)N(C)Cc1ccc(N2CCOCC2)cc1. The van der Waals surface area contributed by atoms with Gasteiger partial charge >= 0.3 is 0 Å². The van der Waals surface area contributed by atoms with E-state index in [1.807, 2.05) is 25.3 Å². The molecule has 1 aliphatic heterocycles. The molecule has 6 nitrogen and oxygen atoms in total. The van der Waals surface area contributed by atoms with Gasteiger partial charge in [0.05, 0.1) is 18.1 Å². The molecule has 2 amide bonds. The first-order valence-electron chi connectivity index (χ1n) is 9.96. The lowest BCUT2D eigenvalue weighted by atomic mass is 10.0. The summed E-state index contributed by atoms with van der Waals surface area (Å²) in [5, 5.41) is 4.75. The van der Waals surface area contributed by atoms with Crippen LogP contribution >= 0.6 is 11.3 Å². The van der Waals surface area contributed by atoms with Crippen LogP contribution in [-0.2, 0) is 16.1 Å². The number of hydrogen-bond acceptors (Lipinski definition) is 5. The smallest absolute Gasteiger partial charge is 0.262 e. The number of carbonyl (C=O) groups excluding carboxylic acids is 2. The topological polar surface area (TPSA) is 61.9 Å². The highest BCUT2D eigenvalue weighted by molar-refractivity contribution is 7.12. The molecule has 0 aliphatic carbocycles. The Morgan fingerprint density at radius 3 is 2.45 bits per heavy atom. The van der Waals surface area contributed by atoms with Crippen LogP contribution in [0.5, 0.6) is 0 Å². The van der Waals surface area contributed by atoms with Gasteiger partial charge in [-0.25, -0.2) is 0 Å². The lowest BCUT2D eigenvalue weighted by Gasteiger charge is -2.29. The molecule has 1 saturated heterocycles. The lowest BCUT2D eigenvalue weighted by molar-refractivity contribution is -0.133. The molecular formula is C22H29N3O3S. The van der Waals surface area contributed by atoms with Gasteiger partial charge in [-0.2, -0.15) is 0 Å². The molecule has 1 aromatic heterocycles. The number of ether oxygens (including phenoxy) is 1. The quantitative estimate of drug-likeness (QED) is 0.755. The van der Waals surface area contributed by atoms with Crippen molar-refractivity contribution >= 4 is 28.8 Å². The molecule has 1 aromatic carbocycles. The summed E-state index contributed by atoms with van der Waals surface area (Å²) in [5.74, 6) is -0.282. The van der Waals surface area contributed by atoms with Gasteiger partial charge in [0.2, 0.25) is 5.91 Å². The van der Waals surface area contributed by atoms with Gasteiger partial charge in [-0.3, -0.25) is 9.59 Å². The Bertz CT molecular complexity index is 799. The number of thiophene rings is 1. The average molecular weight is 416 g/mol. The number of nitrogens with one attached hydrogen (secondary N) is 1. The van der Waals surface area contributed by atoms with Crippen LogP contribution < -0.4 is 10.2 Å². The van der Waals surface area contributed by atoms with E-state index in [9.17, 15) is 9.59 Å². The van der Waals surface area contributed by atoms with Crippen LogP contribution in [0.1, 0.15) is 29.1 Å². The van der Waals surface area contributed by atoms with Crippen molar-refractivity contribution in [2.45, 2.75) is 26.4 Å². The molecule has 0 spiro atoms. The normalized spacial score (nSPS) is 15.2. The van der Waals surface area contributed by atoms with Crippen molar-refractivity contribution in [3.8, 4) is 0 Å². The van der Waals surface area contributed by atoms with Gasteiger partial charge in [-0.05, 0) is 35.1 Å². The highest BCUT2D eigenvalue weighted by Gasteiger charge is 2.27. The van der Waals surface area contributed by atoms with Crippen LogP contribution in [0.25, 0.3) is 0 Å². The number of morpholine rings is 1. The second-order valence-electron chi connectivity index (χ2n) is 7.63. The number of likely N-dealkylation sites (N-methyl/N-ethyl adjacent to an activating group) is 1. The predicted molar refractivity (Wildman–Crippen MR) is 116 cm³/mol. The highest BCUT2D eigenvalue weighted by atomic mass is 32.1. The van der Waals surface area contributed by atoms with E-state index in [2.05, 4.69) is 34.5 Å². The molecule has 1 atom stereocenters. The molecule has 0 saturated carbocycles. The average Bonchev–Trinajstić information content (AvgIpc) is 3.27. The Labute approximate surface area is 176 Å². The maximum absolute atomic E-state index is 13.0. The Hall–Kier alpha value is -2.38. The number of carbonyl (C=O) groups is 2. The van der Waals surface area contributed by atoms with Crippen molar-refractivity contribution < 1.29 is 14.3 Å². The third-order valence-corrected chi connectivity index (χ3v) is 5.94. The van der Waals surface area contributed by atoms with Gasteiger partial charge in [0, 0.05) is 32.4 Å². The summed E-state index contributed by atoms with van der Waals surface area (Å²) in [6, 6.07) is 11.4. The van der Waals surface area contributed by atoms with E-state index >= 15 is 0 Å². The Kier molecular flexibility index (Phi) is 7.28. The molecule has 1 fully saturated rings. The molecule has 29 heavy (non-hydrogen) atoms. The van der Waals surface area contributed by atoms with Crippen molar-refractivity contribution in [2.75, 3.05) is 38.3 Å². The minimum Gasteiger partial charge on any atom is -0.378 e. The molecule has 1 N–H and O–H groups in total. The van der Waals surface area contributed by atoms with Crippen molar-refractivity contribution in [3.63, 3.8) is 0 Å². The van der Waals surface area contributed by atoms with Gasteiger partial charge < -0.3 is 19.9 Å². The highest BCUT2D eigenvalue weighted by Crippen LogP contribution is 2.18. The zero-order valence-electron chi connectivity index (χ0n) is 17.3. The van der Waals surface area contributed by atoms with Crippen LogP contribution in [0.15, 0.2) is 41.8 Å². The minimum atomic E-state index is -0.553. The van der Waals surface area contributed by atoms with Crippen LogP contribution in [-0.4, -0.2) is 56.1 Å². The zero-order chi connectivity index (χ0) is 20.8. The molecule has 0 radical (unpaired) electrons. The maximum Gasteiger partial charge on any atom is 0.262 e. The van der Waals surface area contributed by atoms with Crippen molar-refractivity contribution in [2.24, 2.45) is 5.92 Å². The number of nitrogens with zero attached hydrogens (tertiary/aromatic N) is 2. The molecule has 2 aromatic rings. The van der Waals surface area contributed by atoms with Crippen LogP contribution in [0.3, 0.4) is 0 Å². The van der Waals surface area contributed by atoms with Crippen LogP contribution in [0.2, 0.25) is 0 Å². The maximum atomic E-state index is 13.0. The zero-order valence-corrected chi connectivity index (χ0v) is 18.1. The molecule has 3 rings (SSSR count). The van der Waals surface area contributed by atoms with Gasteiger partial charge in [0.25, 0.3) is 5.91 Å². The molecule has 2 heterocycles. The van der Waals surface area contributed by atoms with E-state index in [-0.39, 0.29) is 17.7 Å². The fraction of sp³-hybridized carbons (Fsp3) is 0.455. The minimum absolute atomic E-state index is 0.00226. The summed E-state index contributed by atoms with van der Waals surface area (Å²) in [6.07, 6.45) is 0. The first-order valence-corrected chi connectivity index (χ1v) is 10.8. The van der Waals surface area contributed by atoms with E-state index in [1.165, 1.54) is 17.0 Å². The summed E-state index contributed by atoms with van der Waals surface area (Å²) >= 11 is 1.37. The largest absolute Gasteiger partial charge is 0.378 e. The molecule has 156 valence electrons. The summed E-state index contributed by atoms with van der Waals surface area (Å²) in [4.78, 5) is 30.0. The number of rotatable bonds is 7. The lowest BCUT2D eigenvalue weighted by Crippen LogP contribution is -2.49. The van der Waals surface area contributed by atoms with Gasteiger partial charge in [0.15, 0.2) is 0 Å². The fourth-order valence-corrected chi connectivity index (χ4v) is 3.98. The summed E-state index contributed by atoms with van der Waals surface area (Å²) in [5.41, 5.74) is 2.24. The predicted octanol–water partition coefficient (Wildman–Crippen LogP) is 3.00. The van der Waals surface area contributed by atoms with E-state index in [0.29, 0.717) is 11.4 Å². The van der Waals surface area contributed by atoms with Crippen molar-refractivity contribution in [1.82, 2.24) is 10.2 Å². The van der Waals surface area contributed by atoms with Gasteiger partial charge in [-0.1, -0.05) is 32.0 Å². The summed E-state index contributed by atoms with van der Waals surface area (Å²) in [6.45, 7) is 7.71. The van der Waals surface area contributed by atoms with Crippen molar-refractivity contribution in [1.29, 1.82) is 0 Å². The Balaban J connectivity index is 1.60. The summed E-state index contributed by atoms with van der Waals surface area (Å²) in [7, 11) is 1.78. The van der Waals surface area contributed by atoms with E-state index < -0.39 is 6.04 Å². The fourth-order valence-electron chi connectivity index (χ4n) is 3.36. The number of hydrogen-bond donors (Lipinski definition) is 1. The first kappa shape index (κ1) is 21.3. The second-order valence-corrected chi connectivity index (χ2v) is 8.58. The van der Waals surface area contributed by atoms with E-state index in [0.717, 1.165) is 31.9 Å². The van der Waals surface area contributed by atoms with E-state index in [4.69, 9.17) is 4.74 Å². The Morgan fingerprint density at radius 1 is 1.17 bits per heavy atom. The molecule has 0 bridgehead atoms. The number of anilines is 1. The molecule has 1 unspecified atom stereocenters. The Morgan fingerprint density at radius 2 is 1.86 bits per heavy atom. The molecule has 7 heteroatoms. The number of amides is 2. The monoisotopic (exact) mass is 415 g/mol. The van der Waals surface area contributed by atoms with Gasteiger partial charge in [0.1, 0.15) is 6.04 Å². The first-order chi connectivity index (χ1) is 14.0. The van der Waals surface area contributed by atoms with Crippen molar-refractivity contribution in [3.05, 3.63) is 52.2 Å².